The second kappa shape index (κ2) is 9.53. The highest BCUT2D eigenvalue weighted by Crippen LogP contribution is 2.23. The molecule has 0 aromatic heterocycles. The Balaban J connectivity index is 2.36. The van der Waals surface area contributed by atoms with Crippen molar-refractivity contribution < 1.29 is 9.47 Å². The summed E-state index contributed by atoms with van der Waals surface area (Å²) in [5.41, 5.74) is 3.88. The van der Waals surface area contributed by atoms with Gasteiger partial charge in [-0.1, -0.05) is 29.3 Å². The maximum Gasteiger partial charge on any atom is 0.0700 e. The maximum atomic E-state index is 5.98. The van der Waals surface area contributed by atoms with E-state index in [1.165, 1.54) is 0 Å². The molecule has 0 aliphatic rings. The van der Waals surface area contributed by atoms with Crippen LogP contribution in [0.5, 0.6) is 0 Å². The zero-order valence-corrected chi connectivity index (χ0v) is 12.5. The molecule has 0 radical (unpaired) electrons. The Bertz CT molecular complexity index is 378. The van der Waals surface area contributed by atoms with E-state index in [9.17, 15) is 0 Å². The third kappa shape index (κ3) is 6.56. The molecule has 0 aliphatic heterocycles. The zero-order valence-electron chi connectivity index (χ0n) is 11.0. The van der Waals surface area contributed by atoms with Crippen molar-refractivity contribution in [2.45, 2.75) is 18.9 Å². The number of rotatable bonds is 9. The predicted octanol–water partition coefficient (Wildman–Crippen LogP) is 2.42. The summed E-state index contributed by atoms with van der Waals surface area (Å²) in [6, 6.07) is 5.74. The van der Waals surface area contributed by atoms with E-state index in [1.54, 1.807) is 13.2 Å². The molecule has 0 spiro atoms. The quantitative estimate of drug-likeness (QED) is 0.418. The summed E-state index contributed by atoms with van der Waals surface area (Å²) in [7, 11) is 1.65. The molecule has 1 atom stereocenters. The van der Waals surface area contributed by atoms with Crippen LogP contribution in [-0.4, -0.2) is 33.0 Å². The minimum atomic E-state index is 0.139. The van der Waals surface area contributed by atoms with Gasteiger partial charge < -0.3 is 9.47 Å². The fraction of sp³-hybridized carbons (Fsp3) is 0.538. The van der Waals surface area contributed by atoms with E-state index < -0.39 is 0 Å². The highest BCUT2D eigenvalue weighted by atomic mass is 35.5. The van der Waals surface area contributed by atoms with Crippen LogP contribution < -0.4 is 11.3 Å². The largest absolute Gasteiger partial charge is 0.382 e. The third-order valence-electron chi connectivity index (χ3n) is 2.74. The number of halogens is 2. The number of hydrogen-bond acceptors (Lipinski definition) is 4. The van der Waals surface area contributed by atoms with Gasteiger partial charge in [0.1, 0.15) is 0 Å². The van der Waals surface area contributed by atoms with Crippen molar-refractivity contribution in [3.63, 3.8) is 0 Å². The molecule has 0 saturated carbocycles. The molecule has 1 aromatic rings. The van der Waals surface area contributed by atoms with Crippen molar-refractivity contribution in [3.05, 3.63) is 33.8 Å². The van der Waals surface area contributed by atoms with E-state index in [4.69, 9.17) is 38.5 Å². The summed E-state index contributed by atoms with van der Waals surface area (Å²) in [5.74, 6) is 5.54. The van der Waals surface area contributed by atoms with E-state index in [1.807, 2.05) is 12.1 Å². The average Bonchev–Trinajstić information content (AvgIpc) is 2.41. The lowest BCUT2D eigenvalue weighted by atomic mass is 10.0. The summed E-state index contributed by atoms with van der Waals surface area (Å²) < 4.78 is 10.3. The number of hydrogen-bond donors (Lipinski definition) is 2. The van der Waals surface area contributed by atoms with Gasteiger partial charge in [-0.3, -0.25) is 11.3 Å². The first-order valence-electron chi connectivity index (χ1n) is 6.14. The lowest BCUT2D eigenvalue weighted by molar-refractivity contribution is 0.0658. The van der Waals surface area contributed by atoms with Crippen LogP contribution >= 0.6 is 23.2 Å². The smallest absolute Gasteiger partial charge is 0.0700 e. The number of ether oxygens (including phenoxy) is 2. The minimum Gasteiger partial charge on any atom is -0.382 e. The third-order valence-corrected chi connectivity index (χ3v) is 3.48. The van der Waals surface area contributed by atoms with Gasteiger partial charge in [0, 0.05) is 19.8 Å². The fourth-order valence-corrected chi connectivity index (χ4v) is 1.99. The van der Waals surface area contributed by atoms with Crippen LogP contribution in [0.3, 0.4) is 0 Å². The summed E-state index contributed by atoms with van der Waals surface area (Å²) in [6.45, 7) is 1.84. The number of nitrogens with one attached hydrogen (secondary N) is 1. The highest BCUT2D eigenvalue weighted by Gasteiger charge is 2.09. The number of benzene rings is 1. The molecule has 4 nitrogen and oxygen atoms in total. The standard InChI is InChI=1S/C13H20Cl2N2O2/c1-18-6-7-19-5-4-11(17-16)8-10-2-3-12(14)13(15)9-10/h2-3,9,11,17H,4-8,16H2,1H3. The molecular weight excluding hydrogens is 287 g/mol. The van der Waals surface area contributed by atoms with E-state index in [0.717, 1.165) is 18.4 Å². The van der Waals surface area contributed by atoms with Crippen LogP contribution in [0.25, 0.3) is 0 Å². The molecule has 108 valence electrons. The van der Waals surface area contributed by atoms with Crippen LogP contribution in [0.4, 0.5) is 0 Å². The first-order chi connectivity index (χ1) is 9.17. The van der Waals surface area contributed by atoms with Gasteiger partial charge in [0.05, 0.1) is 23.3 Å². The van der Waals surface area contributed by atoms with Gasteiger partial charge in [0.25, 0.3) is 0 Å². The molecule has 1 rings (SSSR count). The van der Waals surface area contributed by atoms with Gasteiger partial charge in [0.2, 0.25) is 0 Å². The topological polar surface area (TPSA) is 56.5 Å². The Hall–Kier alpha value is -0.360. The number of methoxy groups -OCH3 is 1. The van der Waals surface area contributed by atoms with Crippen LogP contribution in [0, 0.1) is 0 Å². The first-order valence-corrected chi connectivity index (χ1v) is 6.89. The van der Waals surface area contributed by atoms with E-state index in [0.29, 0.717) is 29.9 Å². The molecule has 0 amide bonds. The van der Waals surface area contributed by atoms with Crippen molar-refractivity contribution >= 4 is 23.2 Å². The second-order valence-corrected chi connectivity index (χ2v) is 5.02. The Kier molecular flexibility index (Phi) is 8.37. The second-order valence-electron chi connectivity index (χ2n) is 4.21. The lowest BCUT2D eigenvalue weighted by Gasteiger charge is -2.16. The molecule has 6 heteroatoms. The Morgan fingerprint density at radius 1 is 1.21 bits per heavy atom. The van der Waals surface area contributed by atoms with Gasteiger partial charge in [-0.25, -0.2) is 0 Å². The predicted molar refractivity (Wildman–Crippen MR) is 78.6 cm³/mol. The molecule has 1 aromatic carbocycles. The lowest BCUT2D eigenvalue weighted by Crippen LogP contribution is -2.37. The zero-order chi connectivity index (χ0) is 14.1. The van der Waals surface area contributed by atoms with E-state index >= 15 is 0 Å². The molecule has 0 aliphatic carbocycles. The molecule has 0 fully saturated rings. The van der Waals surface area contributed by atoms with Gasteiger partial charge >= 0.3 is 0 Å². The average molecular weight is 307 g/mol. The van der Waals surface area contributed by atoms with Gasteiger partial charge in [-0.2, -0.15) is 0 Å². The van der Waals surface area contributed by atoms with Gasteiger partial charge in [-0.05, 0) is 30.5 Å². The highest BCUT2D eigenvalue weighted by molar-refractivity contribution is 6.42. The molecule has 0 bridgehead atoms. The van der Waals surface area contributed by atoms with Crippen molar-refractivity contribution in [2.24, 2.45) is 5.84 Å². The number of nitrogens with two attached hydrogens (primary N) is 1. The summed E-state index contributed by atoms with van der Waals surface area (Å²) in [6.07, 6.45) is 1.60. The molecular formula is C13H20Cl2N2O2. The fourth-order valence-electron chi connectivity index (χ4n) is 1.67. The van der Waals surface area contributed by atoms with Gasteiger partial charge in [0.15, 0.2) is 0 Å². The molecule has 3 N–H and O–H groups in total. The maximum absolute atomic E-state index is 5.98. The Labute approximate surface area is 124 Å². The van der Waals surface area contributed by atoms with Crippen molar-refractivity contribution in [1.82, 2.24) is 5.43 Å². The number of hydrazine groups is 1. The van der Waals surface area contributed by atoms with Crippen LogP contribution in [0.1, 0.15) is 12.0 Å². The Morgan fingerprint density at radius 3 is 2.63 bits per heavy atom. The minimum absolute atomic E-state index is 0.139. The van der Waals surface area contributed by atoms with Crippen molar-refractivity contribution in [2.75, 3.05) is 26.9 Å². The molecule has 0 saturated heterocycles. The summed E-state index contributed by atoms with van der Waals surface area (Å²) >= 11 is 11.9. The van der Waals surface area contributed by atoms with Crippen molar-refractivity contribution in [1.29, 1.82) is 0 Å². The van der Waals surface area contributed by atoms with E-state index in [-0.39, 0.29) is 6.04 Å². The molecule has 0 heterocycles. The molecule has 19 heavy (non-hydrogen) atoms. The summed E-state index contributed by atoms with van der Waals surface area (Å²) in [4.78, 5) is 0. The Morgan fingerprint density at radius 2 is 2.00 bits per heavy atom. The van der Waals surface area contributed by atoms with Crippen molar-refractivity contribution in [3.8, 4) is 0 Å². The SMILES string of the molecule is COCCOCCC(Cc1ccc(Cl)c(Cl)c1)NN. The van der Waals surface area contributed by atoms with Crippen LogP contribution in [-0.2, 0) is 15.9 Å². The first kappa shape index (κ1) is 16.7. The molecule has 1 unspecified atom stereocenters. The normalized spacial score (nSPS) is 12.6. The van der Waals surface area contributed by atoms with E-state index in [2.05, 4.69) is 5.43 Å². The van der Waals surface area contributed by atoms with Crippen LogP contribution in [0.2, 0.25) is 10.0 Å². The summed E-state index contributed by atoms with van der Waals surface area (Å²) in [5, 5.41) is 1.12. The van der Waals surface area contributed by atoms with Gasteiger partial charge in [-0.15, -0.1) is 0 Å². The van der Waals surface area contributed by atoms with Crippen LogP contribution in [0.15, 0.2) is 18.2 Å². The monoisotopic (exact) mass is 306 g/mol.